The summed E-state index contributed by atoms with van der Waals surface area (Å²) in [7, 11) is 0. The van der Waals surface area contributed by atoms with E-state index < -0.39 is 0 Å². The number of amides is 1. The molecule has 3 rings (SSSR count). The lowest BCUT2D eigenvalue weighted by Gasteiger charge is -2.25. The second-order valence-corrected chi connectivity index (χ2v) is 5.61. The van der Waals surface area contributed by atoms with Crippen molar-refractivity contribution in [2.45, 2.75) is 25.8 Å². The van der Waals surface area contributed by atoms with Crippen LogP contribution in [0.1, 0.15) is 53.1 Å². The highest BCUT2D eigenvalue weighted by Gasteiger charge is 2.41. The van der Waals surface area contributed by atoms with Crippen molar-refractivity contribution in [3.05, 3.63) is 65.5 Å². The van der Waals surface area contributed by atoms with Crippen LogP contribution in [-0.4, -0.2) is 27.5 Å². The van der Waals surface area contributed by atoms with Crippen LogP contribution in [0, 0.1) is 0 Å². The quantitative estimate of drug-likeness (QED) is 0.874. The van der Waals surface area contributed by atoms with E-state index in [1.54, 1.807) is 6.08 Å². The minimum Gasteiger partial charge on any atom is -0.322 e. The van der Waals surface area contributed by atoms with Crippen LogP contribution in [0.4, 0.5) is 0 Å². The number of carbonyl (C=O) groups excluding carboxylic acids is 1. The fraction of sp³-hybridized carbons (Fsp3) is 0.294. The number of hydrogen-bond acceptors (Lipinski definition) is 2. The topological polar surface area (TPSA) is 49.0 Å². The van der Waals surface area contributed by atoms with E-state index in [9.17, 15) is 4.79 Å². The molecule has 1 aliphatic rings. The molecule has 1 aromatic heterocycles. The Bertz CT molecular complexity index is 673. The fourth-order valence-electron chi connectivity index (χ4n) is 2.96. The molecule has 0 radical (unpaired) electrons. The number of nitrogens with zero attached hydrogens (tertiary/aromatic N) is 2. The van der Waals surface area contributed by atoms with E-state index in [2.05, 4.69) is 42.8 Å². The molecule has 108 valence electrons. The van der Waals surface area contributed by atoms with E-state index in [1.807, 2.05) is 23.1 Å². The van der Waals surface area contributed by atoms with Gasteiger partial charge in [-0.05, 0) is 11.5 Å². The summed E-state index contributed by atoms with van der Waals surface area (Å²) in [5.41, 5.74) is 3.71. The molecule has 1 amide bonds. The summed E-state index contributed by atoms with van der Waals surface area (Å²) in [4.78, 5) is 14.4. The minimum atomic E-state index is -0.0807. The molecule has 1 aliphatic heterocycles. The maximum Gasteiger partial charge on any atom is 0.275 e. The Morgan fingerprint density at radius 2 is 2.10 bits per heavy atom. The first kappa shape index (κ1) is 13.6. The number of aromatic amines is 1. The number of hydrogen-bond donors (Lipinski definition) is 1. The van der Waals surface area contributed by atoms with Gasteiger partial charge in [-0.3, -0.25) is 9.89 Å². The van der Waals surface area contributed by atoms with Crippen molar-refractivity contribution in [1.82, 2.24) is 15.1 Å². The fourth-order valence-corrected chi connectivity index (χ4v) is 2.96. The van der Waals surface area contributed by atoms with Gasteiger partial charge in [-0.15, -0.1) is 6.58 Å². The Morgan fingerprint density at radius 3 is 2.71 bits per heavy atom. The molecule has 0 aliphatic carbocycles. The molecule has 0 saturated carbocycles. The van der Waals surface area contributed by atoms with Gasteiger partial charge < -0.3 is 4.90 Å². The van der Waals surface area contributed by atoms with Gasteiger partial charge in [0.15, 0.2) is 5.69 Å². The average Bonchev–Trinajstić information content (AvgIpc) is 3.01. The van der Waals surface area contributed by atoms with Gasteiger partial charge in [0.2, 0.25) is 0 Å². The molecule has 21 heavy (non-hydrogen) atoms. The summed E-state index contributed by atoms with van der Waals surface area (Å²) >= 11 is 0. The van der Waals surface area contributed by atoms with Gasteiger partial charge in [-0.1, -0.05) is 50.3 Å². The highest BCUT2D eigenvalue weighted by Crippen LogP contribution is 2.41. The smallest absolute Gasteiger partial charge is 0.275 e. The molecule has 0 spiro atoms. The molecule has 1 N–H and O–H groups in total. The van der Waals surface area contributed by atoms with Crippen LogP contribution in [0.3, 0.4) is 0 Å². The number of H-pyrrole nitrogens is 1. The van der Waals surface area contributed by atoms with Crippen molar-refractivity contribution >= 4 is 5.91 Å². The van der Waals surface area contributed by atoms with Gasteiger partial charge in [-0.25, -0.2) is 0 Å². The molecule has 1 unspecified atom stereocenters. The molecule has 0 bridgehead atoms. The molecule has 4 nitrogen and oxygen atoms in total. The number of benzene rings is 1. The largest absolute Gasteiger partial charge is 0.322 e. The van der Waals surface area contributed by atoms with Crippen molar-refractivity contribution < 1.29 is 4.79 Å². The standard InChI is InChI=1S/C17H19N3O/c1-4-10-20-16(12-8-6-5-7-9-12)13-14(11(2)3)18-19-15(13)17(20)21/h4-9,11,16H,1,10H2,2-3H3,(H,18,19). The predicted octanol–water partition coefficient (Wildman–Crippen LogP) is 3.26. The van der Waals surface area contributed by atoms with Gasteiger partial charge in [0.1, 0.15) is 0 Å². The van der Waals surface area contributed by atoms with Crippen LogP contribution in [-0.2, 0) is 0 Å². The van der Waals surface area contributed by atoms with Gasteiger partial charge in [0.05, 0.1) is 6.04 Å². The second-order valence-electron chi connectivity index (χ2n) is 5.61. The molecule has 1 atom stereocenters. The summed E-state index contributed by atoms with van der Waals surface area (Å²) < 4.78 is 0. The maximum atomic E-state index is 12.6. The Kier molecular flexibility index (Phi) is 3.37. The summed E-state index contributed by atoms with van der Waals surface area (Å²) in [5.74, 6) is 0.269. The molecular weight excluding hydrogens is 262 g/mol. The number of aromatic nitrogens is 2. The van der Waals surface area contributed by atoms with Crippen LogP contribution in [0.15, 0.2) is 43.0 Å². The lowest BCUT2D eigenvalue weighted by molar-refractivity contribution is 0.0764. The number of fused-ring (bicyclic) bond motifs is 1. The van der Waals surface area contributed by atoms with E-state index in [4.69, 9.17) is 0 Å². The Morgan fingerprint density at radius 1 is 1.38 bits per heavy atom. The van der Waals surface area contributed by atoms with E-state index in [1.165, 1.54) is 0 Å². The van der Waals surface area contributed by atoms with Gasteiger partial charge >= 0.3 is 0 Å². The average molecular weight is 281 g/mol. The number of nitrogens with one attached hydrogen (secondary N) is 1. The van der Waals surface area contributed by atoms with Gasteiger partial charge in [0.25, 0.3) is 5.91 Å². The molecule has 2 aromatic rings. The summed E-state index contributed by atoms with van der Waals surface area (Å²) in [6.45, 7) is 8.50. The number of carbonyl (C=O) groups is 1. The lowest BCUT2D eigenvalue weighted by atomic mass is 9.95. The second kappa shape index (κ2) is 5.20. The normalized spacial score (nSPS) is 17.4. The third kappa shape index (κ3) is 2.07. The van der Waals surface area contributed by atoms with E-state index >= 15 is 0 Å². The predicted molar refractivity (Wildman–Crippen MR) is 82.2 cm³/mol. The van der Waals surface area contributed by atoms with Crippen LogP contribution in [0.25, 0.3) is 0 Å². The first-order chi connectivity index (χ1) is 10.1. The Balaban J connectivity index is 2.17. The molecule has 0 fully saturated rings. The Hall–Kier alpha value is -2.36. The van der Waals surface area contributed by atoms with Crippen LogP contribution in [0.2, 0.25) is 0 Å². The van der Waals surface area contributed by atoms with Crippen LogP contribution < -0.4 is 0 Å². The molecule has 2 heterocycles. The van der Waals surface area contributed by atoms with E-state index in [0.717, 1.165) is 16.8 Å². The minimum absolute atomic E-state index is 0.0260. The van der Waals surface area contributed by atoms with Crippen molar-refractivity contribution in [2.24, 2.45) is 0 Å². The number of rotatable bonds is 4. The van der Waals surface area contributed by atoms with Crippen molar-refractivity contribution in [2.75, 3.05) is 6.54 Å². The summed E-state index contributed by atoms with van der Waals surface area (Å²) in [5, 5.41) is 7.30. The summed E-state index contributed by atoms with van der Waals surface area (Å²) in [6.07, 6.45) is 1.76. The van der Waals surface area contributed by atoms with Gasteiger partial charge in [-0.2, -0.15) is 5.10 Å². The van der Waals surface area contributed by atoms with Crippen LogP contribution >= 0.6 is 0 Å². The lowest BCUT2D eigenvalue weighted by Crippen LogP contribution is -2.29. The molecule has 1 aromatic carbocycles. The van der Waals surface area contributed by atoms with E-state index in [0.29, 0.717) is 18.2 Å². The molecule has 4 heteroatoms. The van der Waals surface area contributed by atoms with Crippen LogP contribution in [0.5, 0.6) is 0 Å². The monoisotopic (exact) mass is 281 g/mol. The van der Waals surface area contributed by atoms with Crippen molar-refractivity contribution in [3.8, 4) is 0 Å². The van der Waals surface area contributed by atoms with Gasteiger partial charge in [0, 0.05) is 17.8 Å². The van der Waals surface area contributed by atoms with Crippen molar-refractivity contribution in [3.63, 3.8) is 0 Å². The zero-order chi connectivity index (χ0) is 15.0. The highest BCUT2D eigenvalue weighted by molar-refractivity contribution is 5.98. The molecular formula is C17H19N3O. The van der Waals surface area contributed by atoms with Crippen molar-refractivity contribution in [1.29, 1.82) is 0 Å². The maximum absolute atomic E-state index is 12.6. The zero-order valence-electron chi connectivity index (χ0n) is 12.3. The Labute approximate surface area is 124 Å². The molecule has 0 saturated heterocycles. The first-order valence-electron chi connectivity index (χ1n) is 7.20. The summed E-state index contributed by atoms with van der Waals surface area (Å²) in [6, 6.07) is 10.0. The SMILES string of the molecule is C=CCN1C(=O)c2n[nH]c(C(C)C)c2C1c1ccccc1. The third-order valence-electron chi connectivity index (χ3n) is 3.90. The third-order valence-corrected chi connectivity index (χ3v) is 3.90. The highest BCUT2D eigenvalue weighted by atomic mass is 16.2. The van der Waals surface area contributed by atoms with E-state index in [-0.39, 0.29) is 11.9 Å². The first-order valence-corrected chi connectivity index (χ1v) is 7.20. The zero-order valence-corrected chi connectivity index (χ0v) is 12.3.